The quantitative estimate of drug-likeness (QED) is 0.553. The van der Waals surface area contributed by atoms with Gasteiger partial charge >= 0.3 is 6.16 Å². The molecular weight excluding hydrogens is 224 g/mol. The largest absolute Gasteiger partial charge is 0.507 e. The molecule has 90 valence electrons. The van der Waals surface area contributed by atoms with Crippen LogP contribution in [0.1, 0.15) is 0 Å². The summed E-state index contributed by atoms with van der Waals surface area (Å²) in [7, 11) is -1.00. The molecule has 3 nitrogen and oxygen atoms in total. The van der Waals surface area contributed by atoms with Crippen LogP contribution in [-0.2, 0) is 9.47 Å². The van der Waals surface area contributed by atoms with Gasteiger partial charge in [0.2, 0.25) is 0 Å². The molecule has 0 saturated heterocycles. The average Bonchev–Trinajstić information content (AvgIpc) is 2.10. The molecule has 0 aromatic heterocycles. The van der Waals surface area contributed by atoms with Crippen molar-refractivity contribution in [3.63, 3.8) is 0 Å². The Morgan fingerprint density at radius 2 is 1.60 bits per heavy atom. The molecule has 0 saturated carbocycles. The van der Waals surface area contributed by atoms with Gasteiger partial charge in [-0.05, 0) is 0 Å². The lowest BCUT2D eigenvalue weighted by atomic mass is 10.9. The number of methoxy groups -OCH3 is 1. The van der Waals surface area contributed by atoms with Gasteiger partial charge in [0.05, 0.1) is 21.4 Å². The molecule has 0 spiro atoms. The molecule has 0 aliphatic carbocycles. The normalized spacial score (nSPS) is 12.4. The third-order valence-electron chi connectivity index (χ3n) is 2.30. The minimum atomic E-state index is -1.38. The zero-order valence-electron chi connectivity index (χ0n) is 10.8. The Kier molecular flexibility index (Phi) is 5.58. The molecule has 0 radical (unpaired) electrons. The van der Waals surface area contributed by atoms with Crippen LogP contribution in [0.15, 0.2) is 0 Å². The molecule has 0 rings (SSSR count). The van der Waals surface area contributed by atoms with Crippen molar-refractivity contribution in [3.05, 3.63) is 0 Å². The van der Waals surface area contributed by atoms with Crippen LogP contribution in [0.3, 0.4) is 0 Å². The number of carbonyl (C=O) groups excluding carboxylic acids is 1. The second-order valence-electron chi connectivity index (χ2n) is 5.97. The van der Waals surface area contributed by atoms with E-state index in [0.717, 1.165) is 0 Å². The highest BCUT2D eigenvalue weighted by molar-refractivity contribution is 6.82. The number of rotatable bonds is 5. The highest BCUT2D eigenvalue weighted by Gasteiger charge is 2.26. The van der Waals surface area contributed by atoms with E-state index in [1.54, 1.807) is 0 Å². The summed E-state index contributed by atoms with van der Waals surface area (Å²) in [5.41, 5.74) is 0. The standard InChI is InChI=1S/C10H24O3Si2/c1-12-10(11)13-9-15(5,6)8-7-14(2,3)4/h7-9H2,1-6H3. The minimum Gasteiger partial charge on any atom is -0.438 e. The maximum Gasteiger partial charge on any atom is 0.507 e. The van der Waals surface area contributed by atoms with Crippen molar-refractivity contribution in [1.29, 1.82) is 0 Å². The molecule has 0 bridgehead atoms. The van der Waals surface area contributed by atoms with Crippen molar-refractivity contribution in [3.8, 4) is 0 Å². The molecule has 0 aliphatic rings. The van der Waals surface area contributed by atoms with Gasteiger partial charge < -0.3 is 9.47 Å². The number of hydrogen-bond donors (Lipinski definition) is 0. The summed E-state index contributed by atoms with van der Waals surface area (Å²) in [6, 6.07) is 2.55. The van der Waals surface area contributed by atoms with E-state index in [1.807, 2.05) is 0 Å². The monoisotopic (exact) mass is 248 g/mol. The van der Waals surface area contributed by atoms with Gasteiger partial charge in [-0.1, -0.05) is 44.8 Å². The molecule has 0 aliphatic heterocycles. The fourth-order valence-electron chi connectivity index (χ4n) is 1.10. The topological polar surface area (TPSA) is 35.5 Å². The Morgan fingerprint density at radius 1 is 1.07 bits per heavy atom. The van der Waals surface area contributed by atoms with Crippen LogP contribution in [0, 0.1) is 0 Å². The average molecular weight is 248 g/mol. The number of ether oxygens (including phenoxy) is 2. The summed E-state index contributed by atoms with van der Waals surface area (Å²) in [5, 5.41) is 0. The zero-order chi connectivity index (χ0) is 12.1. The van der Waals surface area contributed by atoms with Gasteiger partial charge in [-0.3, -0.25) is 0 Å². The fraction of sp³-hybridized carbons (Fsp3) is 0.900. The van der Waals surface area contributed by atoms with E-state index in [9.17, 15) is 4.79 Å². The van der Waals surface area contributed by atoms with Crippen molar-refractivity contribution in [2.75, 3.05) is 13.3 Å². The van der Waals surface area contributed by atoms with E-state index in [1.165, 1.54) is 19.2 Å². The van der Waals surface area contributed by atoms with Crippen LogP contribution in [0.5, 0.6) is 0 Å². The van der Waals surface area contributed by atoms with E-state index in [4.69, 9.17) is 4.74 Å². The second-order valence-corrected chi connectivity index (χ2v) is 16.7. The summed E-state index contributed by atoms with van der Waals surface area (Å²) in [5.74, 6) is 0. The molecule has 0 fully saturated rings. The maximum atomic E-state index is 10.8. The van der Waals surface area contributed by atoms with E-state index >= 15 is 0 Å². The van der Waals surface area contributed by atoms with Gasteiger partial charge in [0, 0.05) is 8.07 Å². The molecule has 5 heteroatoms. The Morgan fingerprint density at radius 3 is 2.00 bits per heavy atom. The van der Waals surface area contributed by atoms with Crippen molar-refractivity contribution in [2.45, 2.75) is 44.8 Å². The lowest BCUT2D eigenvalue weighted by Crippen LogP contribution is -2.36. The van der Waals surface area contributed by atoms with Gasteiger partial charge in [-0.25, -0.2) is 4.79 Å². The minimum absolute atomic E-state index is 0.552. The first-order valence-electron chi connectivity index (χ1n) is 5.37. The number of carbonyl (C=O) groups is 1. The van der Waals surface area contributed by atoms with Crippen LogP contribution in [0.25, 0.3) is 0 Å². The second kappa shape index (κ2) is 5.70. The molecule has 0 atom stereocenters. The highest BCUT2D eigenvalue weighted by Crippen LogP contribution is 2.20. The number of hydrogen-bond acceptors (Lipinski definition) is 3. The maximum absolute atomic E-state index is 10.8. The van der Waals surface area contributed by atoms with Crippen LogP contribution in [0.4, 0.5) is 4.79 Å². The Bertz CT molecular complexity index is 209. The zero-order valence-corrected chi connectivity index (χ0v) is 12.8. The third-order valence-corrected chi connectivity index (χ3v) is 7.08. The third kappa shape index (κ3) is 8.68. The summed E-state index contributed by atoms with van der Waals surface area (Å²) < 4.78 is 9.50. The van der Waals surface area contributed by atoms with Crippen LogP contribution in [0.2, 0.25) is 44.8 Å². The molecule has 0 N–H and O–H groups in total. The van der Waals surface area contributed by atoms with Crippen LogP contribution < -0.4 is 0 Å². The van der Waals surface area contributed by atoms with E-state index in [-0.39, 0.29) is 0 Å². The van der Waals surface area contributed by atoms with Crippen LogP contribution >= 0.6 is 0 Å². The van der Waals surface area contributed by atoms with E-state index < -0.39 is 22.3 Å². The van der Waals surface area contributed by atoms with Gasteiger partial charge in [-0.2, -0.15) is 0 Å². The lowest BCUT2D eigenvalue weighted by Gasteiger charge is -2.25. The summed E-state index contributed by atoms with van der Waals surface area (Å²) >= 11 is 0. The fourth-order valence-corrected chi connectivity index (χ4v) is 7.46. The van der Waals surface area contributed by atoms with E-state index in [2.05, 4.69) is 37.5 Å². The van der Waals surface area contributed by atoms with E-state index in [0.29, 0.717) is 6.23 Å². The molecule has 0 aromatic rings. The SMILES string of the molecule is COC(=O)OC[Si](C)(C)CC[Si](C)(C)C. The summed E-state index contributed by atoms with van der Waals surface area (Å²) in [6.07, 6.45) is 0.0213. The Balaban J connectivity index is 3.92. The van der Waals surface area contributed by atoms with Gasteiger partial charge in [0.15, 0.2) is 0 Å². The Labute approximate surface area is 95.2 Å². The van der Waals surface area contributed by atoms with Gasteiger partial charge in [0.25, 0.3) is 0 Å². The van der Waals surface area contributed by atoms with Crippen molar-refractivity contribution in [1.82, 2.24) is 0 Å². The molecule has 15 heavy (non-hydrogen) atoms. The lowest BCUT2D eigenvalue weighted by molar-refractivity contribution is 0.0849. The first-order valence-corrected chi connectivity index (χ1v) is 12.5. The molecule has 0 unspecified atom stereocenters. The molecular formula is C10H24O3Si2. The predicted molar refractivity (Wildman–Crippen MR) is 68.8 cm³/mol. The Hall–Kier alpha value is -0.296. The van der Waals surface area contributed by atoms with Crippen LogP contribution in [-0.4, -0.2) is 35.6 Å². The highest BCUT2D eigenvalue weighted by atomic mass is 28.3. The first-order chi connectivity index (χ1) is 6.66. The smallest absolute Gasteiger partial charge is 0.438 e. The van der Waals surface area contributed by atoms with Crippen molar-refractivity contribution < 1.29 is 14.3 Å². The molecule has 0 amide bonds. The molecule has 0 aromatic carbocycles. The van der Waals surface area contributed by atoms with Crippen molar-refractivity contribution >= 4 is 22.3 Å². The van der Waals surface area contributed by atoms with Gasteiger partial charge in [-0.15, -0.1) is 0 Å². The van der Waals surface area contributed by atoms with Gasteiger partial charge in [0.1, 0.15) is 0 Å². The molecule has 0 heterocycles. The van der Waals surface area contributed by atoms with Crippen molar-refractivity contribution in [2.24, 2.45) is 0 Å². The first kappa shape index (κ1) is 14.7. The summed E-state index contributed by atoms with van der Waals surface area (Å²) in [6.45, 7) is 11.6. The summed E-state index contributed by atoms with van der Waals surface area (Å²) in [4.78, 5) is 10.8. The predicted octanol–water partition coefficient (Wildman–Crippen LogP) is 3.36.